The zero-order valence-corrected chi connectivity index (χ0v) is 16.3. The molecule has 142 valence electrons. The monoisotopic (exact) mass is 358 g/mol. The van der Waals surface area contributed by atoms with Crippen molar-refractivity contribution in [3.63, 3.8) is 0 Å². The van der Waals surface area contributed by atoms with Gasteiger partial charge in [-0.3, -0.25) is 4.79 Å². The van der Waals surface area contributed by atoms with Gasteiger partial charge in [0.05, 0.1) is 12.1 Å². The Morgan fingerprint density at radius 2 is 1.92 bits per heavy atom. The van der Waals surface area contributed by atoms with Gasteiger partial charge in [0.15, 0.2) is 0 Å². The van der Waals surface area contributed by atoms with Gasteiger partial charge in [-0.15, -0.1) is 0 Å². The van der Waals surface area contributed by atoms with Crippen molar-refractivity contribution in [1.29, 1.82) is 0 Å². The number of piperidine rings is 1. The van der Waals surface area contributed by atoms with Gasteiger partial charge < -0.3 is 14.2 Å². The van der Waals surface area contributed by atoms with Crippen molar-refractivity contribution < 1.29 is 11.0 Å². The normalized spacial score (nSPS) is 24.0. The SMILES string of the molecule is CC.CCOC(=O)c1cn(C2C3CN(C)C[C@H]32)c2ccc(C)cc2c1=O.[HH]. The fourth-order valence-corrected chi connectivity index (χ4v) is 4.19. The molecule has 0 amide bonds. The third-order valence-electron chi connectivity index (χ3n) is 5.34. The van der Waals surface area contributed by atoms with Gasteiger partial charge in [-0.1, -0.05) is 25.5 Å². The van der Waals surface area contributed by atoms with Crippen LogP contribution in [-0.4, -0.2) is 42.2 Å². The molecule has 1 aromatic heterocycles. The highest BCUT2D eigenvalue weighted by Gasteiger charge is 2.56. The molecule has 1 saturated heterocycles. The average Bonchev–Trinajstić information content (AvgIpc) is 3.13. The van der Waals surface area contributed by atoms with E-state index in [-0.39, 0.29) is 19.0 Å². The first kappa shape index (κ1) is 18.6. The Hall–Kier alpha value is -2.14. The maximum Gasteiger partial charge on any atom is 0.343 e. The Balaban J connectivity index is 0.000000844. The number of hydrogen-bond donors (Lipinski definition) is 0. The highest BCUT2D eigenvalue weighted by atomic mass is 16.5. The van der Waals surface area contributed by atoms with E-state index in [1.54, 1.807) is 13.1 Å². The Morgan fingerprint density at radius 1 is 1.27 bits per heavy atom. The molecule has 5 nitrogen and oxygen atoms in total. The minimum atomic E-state index is -0.525. The van der Waals surface area contributed by atoms with Crippen molar-refractivity contribution in [2.45, 2.75) is 33.7 Å². The first-order valence-electron chi connectivity index (χ1n) is 9.52. The molecule has 2 heterocycles. The number of aromatic nitrogens is 1. The zero-order chi connectivity index (χ0) is 19.0. The molecule has 1 saturated carbocycles. The van der Waals surface area contributed by atoms with Crippen LogP contribution in [0.3, 0.4) is 0 Å². The van der Waals surface area contributed by atoms with E-state index in [9.17, 15) is 9.59 Å². The van der Waals surface area contributed by atoms with Gasteiger partial charge in [0.1, 0.15) is 5.56 Å². The number of esters is 1. The maximum atomic E-state index is 12.8. The van der Waals surface area contributed by atoms with E-state index in [0.29, 0.717) is 23.3 Å². The molecular formula is C21H30N2O3. The molecule has 3 atom stereocenters. The van der Waals surface area contributed by atoms with Crippen molar-refractivity contribution in [1.82, 2.24) is 9.47 Å². The summed E-state index contributed by atoms with van der Waals surface area (Å²) in [6.07, 6.45) is 1.72. The van der Waals surface area contributed by atoms with Crippen LogP contribution in [0.2, 0.25) is 0 Å². The fraction of sp³-hybridized carbons (Fsp3) is 0.524. The summed E-state index contributed by atoms with van der Waals surface area (Å²) in [4.78, 5) is 27.4. The second kappa shape index (κ2) is 7.23. The van der Waals surface area contributed by atoms with E-state index in [4.69, 9.17) is 4.74 Å². The maximum absolute atomic E-state index is 12.8. The largest absolute Gasteiger partial charge is 0.462 e. The molecule has 26 heavy (non-hydrogen) atoms. The van der Waals surface area contributed by atoms with Gasteiger partial charge in [0.25, 0.3) is 0 Å². The van der Waals surface area contributed by atoms with E-state index in [0.717, 1.165) is 24.2 Å². The fourth-order valence-electron chi connectivity index (χ4n) is 4.19. The molecule has 0 bridgehead atoms. The summed E-state index contributed by atoms with van der Waals surface area (Å²) in [6, 6.07) is 6.27. The van der Waals surface area contributed by atoms with Gasteiger partial charge >= 0.3 is 5.97 Å². The molecule has 1 aliphatic heterocycles. The van der Waals surface area contributed by atoms with Crippen LogP contribution in [0, 0.1) is 18.8 Å². The number of carbonyl (C=O) groups is 1. The molecule has 5 heteroatoms. The predicted octanol–water partition coefficient (Wildman–Crippen LogP) is 3.49. The number of fused-ring (bicyclic) bond motifs is 2. The zero-order valence-electron chi connectivity index (χ0n) is 16.3. The van der Waals surface area contributed by atoms with Crippen LogP contribution in [0.25, 0.3) is 10.9 Å². The topological polar surface area (TPSA) is 51.5 Å². The standard InChI is InChI=1S/C19H22N2O3.C2H6.H2/c1-4-24-19(23)15-10-21(17-13-8-20(3)9-14(13)17)16-6-5-11(2)7-12(16)18(15)22;1-2;/h5-7,10,13-14,17H,4,8-9H2,1-3H3;1-2H3;1H/t13-,14?,17?;;/m1../s1. The van der Waals surface area contributed by atoms with Gasteiger partial charge in [0, 0.05) is 32.1 Å². The highest BCUT2D eigenvalue weighted by molar-refractivity contribution is 5.94. The minimum absolute atomic E-state index is 0. The van der Waals surface area contributed by atoms with Crippen LogP contribution in [0.5, 0.6) is 0 Å². The lowest BCUT2D eigenvalue weighted by molar-refractivity contribution is 0.0524. The lowest BCUT2D eigenvalue weighted by Crippen LogP contribution is -2.24. The number of pyridine rings is 1. The first-order valence-corrected chi connectivity index (χ1v) is 9.52. The summed E-state index contributed by atoms with van der Waals surface area (Å²) in [5.74, 6) is 0.691. The van der Waals surface area contributed by atoms with Gasteiger partial charge in [-0.25, -0.2) is 4.79 Å². The highest BCUT2D eigenvalue weighted by Crippen LogP contribution is 2.55. The summed E-state index contributed by atoms with van der Waals surface area (Å²) >= 11 is 0. The summed E-state index contributed by atoms with van der Waals surface area (Å²) in [6.45, 7) is 10.1. The second-order valence-electron chi connectivity index (χ2n) is 7.06. The average molecular weight is 358 g/mol. The summed E-state index contributed by atoms with van der Waals surface area (Å²) in [7, 11) is 2.14. The quantitative estimate of drug-likeness (QED) is 0.788. The predicted molar refractivity (Wildman–Crippen MR) is 106 cm³/mol. The van der Waals surface area contributed by atoms with Crippen molar-refractivity contribution in [3.05, 3.63) is 45.7 Å². The number of ether oxygens (including phenoxy) is 1. The smallest absolute Gasteiger partial charge is 0.343 e. The lowest BCUT2D eigenvalue weighted by Gasteiger charge is -2.18. The number of rotatable bonds is 3. The van der Waals surface area contributed by atoms with Crippen LogP contribution in [0.15, 0.2) is 29.2 Å². The molecule has 1 aromatic carbocycles. The molecule has 0 radical (unpaired) electrons. The van der Waals surface area contributed by atoms with E-state index < -0.39 is 5.97 Å². The first-order chi connectivity index (χ1) is 12.5. The molecule has 1 aliphatic carbocycles. The van der Waals surface area contributed by atoms with Crippen molar-refractivity contribution >= 4 is 16.9 Å². The molecule has 2 aromatic rings. The van der Waals surface area contributed by atoms with Crippen LogP contribution >= 0.6 is 0 Å². The number of aryl methyl sites for hydroxylation is 1. The molecule has 2 fully saturated rings. The van der Waals surface area contributed by atoms with Crippen LogP contribution < -0.4 is 5.43 Å². The van der Waals surface area contributed by atoms with E-state index >= 15 is 0 Å². The van der Waals surface area contributed by atoms with Crippen LogP contribution in [0.4, 0.5) is 0 Å². The van der Waals surface area contributed by atoms with Gasteiger partial charge in [-0.05, 0) is 44.9 Å². The second-order valence-corrected chi connectivity index (χ2v) is 7.06. The number of nitrogens with zero attached hydrogens (tertiary/aromatic N) is 2. The van der Waals surface area contributed by atoms with Crippen molar-refractivity contribution in [3.8, 4) is 0 Å². The number of carbonyl (C=O) groups excluding carboxylic acids is 1. The lowest BCUT2D eigenvalue weighted by atomic mass is 10.1. The molecule has 2 aliphatic rings. The third-order valence-corrected chi connectivity index (χ3v) is 5.34. The van der Waals surface area contributed by atoms with Gasteiger partial charge in [0.2, 0.25) is 5.43 Å². The van der Waals surface area contributed by atoms with Crippen LogP contribution in [-0.2, 0) is 4.74 Å². The third kappa shape index (κ3) is 3.05. The Morgan fingerprint density at radius 3 is 2.54 bits per heavy atom. The minimum Gasteiger partial charge on any atom is -0.462 e. The van der Waals surface area contributed by atoms with Gasteiger partial charge in [-0.2, -0.15) is 0 Å². The Labute approximate surface area is 156 Å². The molecule has 4 rings (SSSR count). The van der Waals surface area contributed by atoms with Crippen molar-refractivity contribution in [2.75, 3.05) is 26.7 Å². The molecule has 2 unspecified atom stereocenters. The molecule has 0 spiro atoms. The van der Waals surface area contributed by atoms with Crippen LogP contribution in [0.1, 0.15) is 44.2 Å². The molecular weight excluding hydrogens is 328 g/mol. The van der Waals surface area contributed by atoms with Crippen molar-refractivity contribution in [2.24, 2.45) is 11.8 Å². The Kier molecular flexibility index (Phi) is 5.19. The van der Waals surface area contributed by atoms with E-state index in [1.807, 2.05) is 39.0 Å². The van der Waals surface area contributed by atoms with E-state index in [1.165, 1.54) is 0 Å². The number of benzene rings is 1. The number of hydrogen-bond acceptors (Lipinski definition) is 4. The van der Waals surface area contributed by atoms with E-state index in [2.05, 4.69) is 16.5 Å². The summed E-state index contributed by atoms with van der Waals surface area (Å²) < 4.78 is 7.24. The number of likely N-dealkylation sites (tertiary alicyclic amines) is 1. The summed E-state index contributed by atoms with van der Waals surface area (Å²) in [5, 5.41) is 0.610. The summed E-state index contributed by atoms with van der Waals surface area (Å²) in [5.41, 5.74) is 1.85. The molecule has 0 N–H and O–H groups in total. The Bertz CT molecular complexity index is 881.